The fourth-order valence-electron chi connectivity index (χ4n) is 2.72. The maximum Gasteiger partial charge on any atom is 0.338 e. The zero-order valence-electron chi connectivity index (χ0n) is 16.6. The van der Waals surface area contributed by atoms with Crippen LogP contribution in [0.1, 0.15) is 42.1 Å². The molecular weight excluding hydrogens is 358 g/mol. The van der Waals surface area contributed by atoms with Crippen molar-refractivity contribution in [3.8, 4) is 11.5 Å². The molecule has 0 unspecified atom stereocenters. The number of amides is 1. The average molecular weight is 385 g/mol. The number of hydrogen-bond donors (Lipinski definition) is 1. The van der Waals surface area contributed by atoms with Gasteiger partial charge in [-0.3, -0.25) is 4.79 Å². The van der Waals surface area contributed by atoms with E-state index in [0.717, 1.165) is 18.4 Å². The molecule has 2 rings (SSSR count). The molecule has 0 saturated heterocycles. The van der Waals surface area contributed by atoms with Gasteiger partial charge in [0.05, 0.1) is 26.4 Å². The van der Waals surface area contributed by atoms with Crippen molar-refractivity contribution in [1.82, 2.24) is 0 Å². The first-order valence-corrected chi connectivity index (χ1v) is 9.36. The Hall–Kier alpha value is -3.02. The predicted octanol–water partition coefficient (Wildman–Crippen LogP) is 4.23. The summed E-state index contributed by atoms with van der Waals surface area (Å²) in [4.78, 5) is 24.2. The molecule has 150 valence electrons. The van der Waals surface area contributed by atoms with E-state index in [9.17, 15) is 9.59 Å². The van der Waals surface area contributed by atoms with Crippen LogP contribution in [-0.4, -0.2) is 32.7 Å². The Kier molecular flexibility index (Phi) is 8.34. The monoisotopic (exact) mass is 385 g/mol. The number of esters is 1. The molecule has 0 bridgehead atoms. The summed E-state index contributed by atoms with van der Waals surface area (Å²) < 4.78 is 15.9. The van der Waals surface area contributed by atoms with Crippen LogP contribution in [0.3, 0.4) is 0 Å². The molecule has 0 heterocycles. The Bertz CT molecular complexity index is 764. The van der Waals surface area contributed by atoms with Crippen molar-refractivity contribution < 1.29 is 23.8 Å². The van der Waals surface area contributed by atoms with Gasteiger partial charge in [0.2, 0.25) is 5.91 Å². The maximum absolute atomic E-state index is 12.3. The van der Waals surface area contributed by atoms with Crippen LogP contribution in [0.5, 0.6) is 11.5 Å². The number of carbonyl (C=O) groups is 2. The summed E-state index contributed by atoms with van der Waals surface area (Å²) in [5.74, 6) is 0.900. The smallest absolute Gasteiger partial charge is 0.338 e. The number of unbranched alkanes of at least 4 members (excludes halogenated alkanes) is 1. The van der Waals surface area contributed by atoms with E-state index in [0.29, 0.717) is 35.8 Å². The molecule has 0 aliphatic rings. The van der Waals surface area contributed by atoms with E-state index in [-0.39, 0.29) is 18.3 Å². The van der Waals surface area contributed by atoms with Crippen LogP contribution < -0.4 is 14.8 Å². The highest BCUT2D eigenvalue weighted by Gasteiger charge is 2.12. The molecule has 1 amide bonds. The van der Waals surface area contributed by atoms with E-state index < -0.39 is 0 Å². The zero-order valence-corrected chi connectivity index (χ0v) is 16.6. The largest absolute Gasteiger partial charge is 0.496 e. The molecule has 0 saturated carbocycles. The van der Waals surface area contributed by atoms with Crippen LogP contribution in [0, 0.1) is 0 Å². The second-order valence-corrected chi connectivity index (χ2v) is 6.26. The lowest BCUT2D eigenvalue weighted by Gasteiger charge is -2.13. The third-order valence-corrected chi connectivity index (χ3v) is 4.27. The first kappa shape index (κ1) is 21.3. The van der Waals surface area contributed by atoms with Crippen molar-refractivity contribution in [2.75, 3.05) is 26.1 Å². The molecule has 2 aromatic rings. The number of nitrogens with one attached hydrogen (secondary N) is 1. The Morgan fingerprint density at radius 1 is 0.964 bits per heavy atom. The second kappa shape index (κ2) is 11.0. The van der Waals surface area contributed by atoms with E-state index in [1.807, 2.05) is 25.1 Å². The summed E-state index contributed by atoms with van der Waals surface area (Å²) >= 11 is 0. The highest BCUT2D eigenvalue weighted by atomic mass is 16.5. The van der Waals surface area contributed by atoms with Gasteiger partial charge in [-0.25, -0.2) is 4.79 Å². The lowest BCUT2D eigenvalue weighted by atomic mass is 10.1. The van der Waals surface area contributed by atoms with Crippen molar-refractivity contribution >= 4 is 17.6 Å². The van der Waals surface area contributed by atoms with Gasteiger partial charge in [0.15, 0.2) is 0 Å². The first-order chi connectivity index (χ1) is 13.6. The summed E-state index contributed by atoms with van der Waals surface area (Å²) in [5.41, 5.74) is 1.95. The highest BCUT2D eigenvalue weighted by molar-refractivity contribution is 5.93. The standard InChI is InChI=1S/C22H27NO5/c1-4-5-15-28-22(25)16-9-11-17(12-10-16)23-21(24)14-13-18-19(26-2)7-6-8-20(18)27-3/h6-12H,4-5,13-15H2,1-3H3,(H,23,24). The van der Waals surface area contributed by atoms with Gasteiger partial charge in [0.25, 0.3) is 0 Å². The molecule has 0 aromatic heterocycles. The molecule has 2 aromatic carbocycles. The Labute approximate surface area is 165 Å². The summed E-state index contributed by atoms with van der Waals surface area (Å²) in [5, 5.41) is 2.83. The first-order valence-electron chi connectivity index (χ1n) is 9.36. The summed E-state index contributed by atoms with van der Waals surface area (Å²) in [6.07, 6.45) is 2.58. The van der Waals surface area contributed by atoms with Gasteiger partial charge >= 0.3 is 5.97 Å². The quantitative estimate of drug-likeness (QED) is 0.489. The molecule has 6 nitrogen and oxygen atoms in total. The lowest BCUT2D eigenvalue weighted by molar-refractivity contribution is -0.116. The SMILES string of the molecule is CCCCOC(=O)c1ccc(NC(=O)CCc2c(OC)cccc2OC)cc1. The second-order valence-electron chi connectivity index (χ2n) is 6.26. The summed E-state index contributed by atoms with van der Waals surface area (Å²) in [7, 11) is 3.18. The van der Waals surface area contributed by atoms with Crippen molar-refractivity contribution in [1.29, 1.82) is 0 Å². The molecule has 28 heavy (non-hydrogen) atoms. The van der Waals surface area contributed by atoms with Crippen LogP contribution in [0.25, 0.3) is 0 Å². The highest BCUT2D eigenvalue weighted by Crippen LogP contribution is 2.29. The summed E-state index contributed by atoms with van der Waals surface area (Å²) in [6, 6.07) is 12.2. The molecule has 0 atom stereocenters. The van der Waals surface area contributed by atoms with Crippen LogP contribution in [0.15, 0.2) is 42.5 Å². The fraction of sp³-hybridized carbons (Fsp3) is 0.364. The van der Waals surface area contributed by atoms with Crippen molar-refractivity contribution in [3.63, 3.8) is 0 Å². The van der Waals surface area contributed by atoms with Crippen LogP contribution >= 0.6 is 0 Å². The topological polar surface area (TPSA) is 73.9 Å². The zero-order chi connectivity index (χ0) is 20.4. The van der Waals surface area contributed by atoms with Gasteiger partial charge < -0.3 is 19.5 Å². The van der Waals surface area contributed by atoms with Crippen LogP contribution in [-0.2, 0) is 16.0 Å². The minimum atomic E-state index is -0.352. The van der Waals surface area contributed by atoms with Gasteiger partial charge in [0, 0.05) is 17.7 Å². The predicted molar refractivity (Wildman–Crippen MR) is 108 cm³/mol. The number of methoxy groups -OCH3 is 2. The number of carbonyl (C=O) groups excluding carboxylic acids is 2. The van der Waals surface area contributed by atoms with E-state index in [2.05, 4.69) is 5.32 Å². The van der Waals surface area contributed by atoms with Gasteiger partial charge in [-0.1, -0.05) is 19.4 Å². The Morgan fingerprint density at radius 2 is 1.61 bits per heavy atom. The lowest BCUT2D eigenvalue weighted by Crippen LogP contribution is -2.13. The van der Waals surface area contributed by atoms with E-state index in [4.69, 9.17) is 14.2 Å². The maximum atomic E-state index is 12.3. The molecule has 6 heteroatoms. The Morgan fingerprint density at radius 3 is 2.18 bits per heavy atom. The van der Waals surface area contributed by atoms with Crippen molar-refractivity contribution in [2.24, 2.45) is 0 Å². The molecule has 0 spiro atoms. The third-order valence-electron chi connectivity index (χ3n) is 4.27. The Balaban J connectivity index is 1.91. The van der Waals surface area contributed by atoms with E-state index >= 15 is 0 Å². The van der Waals surface area contributed by atoms with Crippen molar-refractivity contribution in [2.45, 2.75) is 32.6 Å². The summed E-state index contributed by atoms with van der Waals surface area (Å²) in [6.45, 7) is 2.45. The van der Waals surface area contributed by atoms with Gasteiger partial charge in [-0.05, 0) is 49.2 Å². The van der Waals surface area contributed by atoms with Crippen molar-refractivity contribution in [3.05, 3.63) is 53.6 Å². The number of benzene rings is 2. The molecule has 0 aliphatic carbocycles. The number of ether oxygens (including phenoxy) is 3. The minimum absolute atomic E-state index is 0.133. The molecular formula is C22H27NO5. The fourth-order valence-corrected chi connectivity index (χ4v) is 2.72. The number of rotatable bonds is 10. The normalized spacial score (nSPS) is 10.2. The third kappa shape index (κ3) is 6.01. The molecule has 0 aliphatic heterocycles. The van der Waals surface area contributed by atoms with Gasteiger partial charge in [-0.15, -0.1) is 0 Å². The molecule has 0 radical (unpaired) electrons. The number of hydrogen-bond acceptors (Lipinski definition) is 5. The van der Waals surface area contributed by atoms with Crippen LogP contribution in [0.2, 0.25) is 0 Å². The van der Waals surface area contributed by atoms with Gasteiger partial charge in [-0.2, -0.15) is 0 Å². The minimum Gasteiger partial charge on any atom is -0.496 e. The average Bonchev–Trinajstić information content (AvgIpc) is 2.72. The van der Waals surface area contributed by atoms with E-state index in [1.165, 1.54) is 0 Å². The van der Waals surface area contributed by atoms with E-state index in [1.54, 1.807) is 38.5 Å². The molecule has 1 N–H and O–H groups in total. The van der Waals surface area contributed by atoms with Gasteiger partial charge in [0.1, 0.15) is 11.5 Å². The number of anilines is 1. The molecule has 0 fully saturated rings. The van der Waals surface area contributed by atoms with Crippen LogP contribution in [0.4, 0.5) is 5.69 Å².